The second-order valence-corrected chi connectivity index (χ2v) is 4.08. The Morgan fingerprint density at radius 2 is 2.27 bits per heavy atom. The third-order valence-electron chi connectivity index (χ3n) is 2.47. The molecular weight excluding hydrogens is 196 g/mol. The van der Waals surface area contributed by atoms with E-state index in [9.17, 15) is 10.1 Å². The van der Waals surface area contributed by atoms with Gasteiger partial charge in [0, 0.05) is 5.54 Å². The molecule has 2 rings (SSSR count). The molecule has 80 valence electrons. The first-order chi connectivity index (χ1) is 6.98. The van der Waals surface area contributed by atoms with Gasteiger partial charge in [0.2, 0.25) is 0 Å². The molecule has 1 heterocycles. The van der Waals surface area contributed by atoms with Crippen molar-refractivity contribution >= 4 is 17.3 Å². The minimum absolute atomic E-state index is 0.0331. The molecule has 0 bridgehead atoms. The molecule has 0 aromatic carbocycles. The van der Waals surface area contributed by atoms with Gasteiger partial charge < -0.3 is 11.1 Å². The quantitative estimate of drug-likeness (QED) is 0.580. The summed E-state index contributed by atoms with van der Waals surface area (Å²) in [6.07, 6.45) is 2.11. The second-order valence-electron chi connectivity index (χ2n) is 4.08. The monoisotopic (exact) mass is 208 g/mol. The van der Waals surface area contributed by atoms with E-state index in [1.165, 1.54) is 12.1 Å². The maximum atomic E-state index is 10.6. The lowest BCUT2D eigenvalue weighted by Crippen LogP contribution is -2.17. The number of nitrogens with two attached hydrogens (primary N) is 1. The van der Waals surface area contributed by atoms with Crippen molar-refractivity contribution in [3.05, 3.63) is 22.2 Å². The first kappa shape index (κ1) is 9.70. The largest absolute Gasteiger partial charge is 0.383 e. The van der Waals surface area contributed by atoms with E-state index in [0.29, 0.717) is 5.82 Å². The Morgan fingerprint density at radius 1 is 1.60 bits per heavy atom. The number of aromatic nitrogens is 1. The van der Waals surface area contributed by atoms with E-state index in [1.807, 2.05) is 6.92 Å². The summed E-state index contributed by atoms with van der Waals surface area (Å²) in [7, 11) is 0. The summed E-state index contributed by atoms with van der Waals surface area (Å²) in [5.74, 6) is 0.637. The number of anilines is 2. The SMILES string of the molecule is CC1(Nc2cc([N+](=O)[O-])cc(N)n2)CC1. The average molecular weight is 208 g/mol. The molecule has 6 heteroatoms. The van der Waals surface area contributed by atoms with Crippen LogP contribution in [0.1, 0.15) is 19.8 Å². The fourth-order valence-corrected chi connectivity index (χ4v) is 1.33. The highest BCUT2D eigenvalue weighted by Gasteiger charge is 2.37. The van der Waals surface area contributed by atoms with E-state index in [-0.39, 0.29) is 17.0 Å². The molecule has 0 unspecified atom stereocenters. The molecule has 15 heavy (non-hydrogen) atoms. The summed E-state index contributed by atoms with van der Waals surface area (Å²) >= 11 is 0. The van der Waals surface area contributed by atoms with E-state index in [4.69, 9.17) is 5.73 Å². The molecule has 0 atom stereocenters. The number of nitrogen functional groups attached to an aromatic ring is 1. The topological polar surface area (TPSA) is 94.1 Å². The van der Waals surface area contributed by atoms with Gasteiger partial charge in [-0.25, -0.2) is 4.98 Å². The van der Waals surface area contributed by atoms with Crippen LogP contribution in [0.2, 0.25) is 0 Å². The van der Waals surface area contributed by atoms with Crippen molar-refractivity contribution in [2.45, 2.75) is 25.3 Å². The van der Waals surface area contributed by atoms with Gasteiger partial charge in [-0.3, -0.25) is 10.1 Å². The average Bonchev–Trinajstić information content (AvgIpc) is 2.81. The van der Waals surface area contributed by atoms with E-state index < -0.39 is 4.92 Å². The number of hydrogen-bond donors (Lipinski definition) is 2. The molecule has 1 aliphatic rings. The zero-order chi connectivity index (χ0) is 11.1. The van der Waals surface area contributed by atoms with Crippen molar-refractivity contribution in [2.24, 2.45) is 0 Å². The highest BCUT2D eigenvalue weighted by Crippen LogP contribution is 2.38. The van der Waals surface area contributed by atoms with Crippen LogP contribution in [0.4, 0.5) is 17.3 Å². The Kier molecular flexibility index (Phi) is 1.99. The molecule has 0 saturated heterocycles. The summed E-state index contributed by atoms with van der Waals surface area (Å²) in [4.78, 5) is 14.1. The zero-order valence-electron chi connectivity index (χ0n) is 8.36. The molecule has 1 aromatic heterocycles. The van der Waals surface area contributed by atoms with Crippen LogP contribution in [-0.2, 0) is 0 Å². The standard InChI is InChI=1S/C9H12N4O2/c1-9(2-3-9)12-8-5-6(13(14)15)4-7(10)11-8/h4-5H,2-3H2,1H3,(H3,10,11,12). The molecule has 1 aliphatic carbocycles. The van der Waals surface area contributed by atoms with Crippen LogP contribution in [0.25, 0.3) is 0 Å². The lowest BCUT2D eigenvalue weighted by molar-refractivity contribution is -0.384. The second kappa shape index (κ2) is 3.08. The van der Waals surface area contributed by atoms with Crippen molar-refractivity contribution in [2.75, 3.05) is 11.1 Å². The normalized spacial score (nSPS) is 17.1. The van der Waals surface area contributed by atoms with Crippen molar-refractivity contribution in [1.82, 2.24) is 4.98 Å². The molecule has 0 amide bonds. The molecule has 3 N–H and O–H groups in total. The summed E-state index contributed by atoms with van der Waals surface area (Å²) in [5, 5.41) is 13.7. The number of hydrogen-bond acceptors (Lipinski definition) is 5. The Labute approximate surface area is 86.6 Å². The summed E-state index contributed by atoms with van der Waals surface area (Å²) in [6, 6.07) is 2.65. The first-order valence-electron chi connectivity index (χ1n) is 4.69. The van der Waals surface area contributed by atoms with E-state index in [1.54, 1.807) is 0 Å². The minimum atomic E-state index is -0.474. The number of pyridine rings is 1. The summed E-state index contributed by atoms with van der Waals surface area (Å²) in [6.45, 7) is 2.05. The van der Waals surface area contributed by atoms with Crippen LogP contribution < -0.4 is 11.1 Å². The van der Waals surface area contributed by atoms with Crippen LogP contribution in [0.5, 0.6) is 0 Å². The molecule has 0 radical (unpaired) electrons. The predicted molar refractivity (Wildman–Crippen MR) is 56.6 cm³/mol. The van der Waals surface area contributed by atoms with Crippen LogP contribution in [-0.4, -0.2) is 15.4 Å². The molecule has 0 aliphatic heterocycles. The molecule has 1 aromatic rings. The van der Waals surface area contributed by atoms with Crippen LogP contribution in [0.15, 0.2) is 12.1 Å². The third kappa shape index (κ3) is 2.15. The number of nitrogens with zero attached hydrogens (tertiary/aromatic N) is 2. The van der Waals surface area contributed by atoms with Gasteiger partial charge in [0.1, 0.15) is 11.6 Å². The molecule has 0 spiro atoms. The molecule has 1 saturated carbocycles. The maximum absolute atomic E-state index is 10.6. The predicted octanol–water partition coefficient (Wildman–Crippen LogP) is 1.54. The fourth-order valence-electron chi connectivity index (χ4n) is 1.33. The Morgan fingerprint density at radius 3 is 2.80 bits per heavy atom. The Hall–Kier alpha value is -1.85. The highest BCUT2D eigenvalue weighted by molar-refractivity contribution is 5.54. The molecule has 6 nitrogen and oxygen atoms in total. The smallest absolute Gasteiger partial charge is 0.276 e. The van der Waals surface area contributed by atoms with Gasteiger partial charge in [0.15, 0.2) is 0 Å². The molecular formula is C9H12N4O2. The van der Waals surface area contributed by atoms with Crippen molar-refractivity contribution in [3.8, 4) is 0 Å². The van der Waals surface area contributed by atoms with Gasteiger partial charge >= 0.3 is 0 Å². The van der Waals surface area contributed by atoms with E-state index in [0.717, 1.165) is 12.8 Å². The van der Waals surface area contributed by atoms with Gasteiger partial charge in [0.05, 0.1) is 17.1 Å². The van der Waals surface area contributed by atoms with Gasteiger partial charge in [-0.15, -0.1) is 0 Å². The van der Waals surface area contributed by atoms with Crippen LogP contribution >= 0.6 is 0 Å². The lowest BCUT2D eigenvalue weighted by Gasteiger charge is -2.11. The fraction of sp³-hybridized carbons (Fsp3) is 0.444. The number of rotatable bonds is 3. The Balaban J connectivity index is 2.27. The minimum Gasteiger partial charge on any atom is -0.383 e. The summed E-state index contributed by atoms with van der Waals surface area (Å²) in [5.41, 5.74) is 5.48. The van der Waals surface area contributed by atoms with Gasteiger partial charge in [-0.2, -0.15) is 0 Å². The highest BCUT2D eigenvalue weighted by atomic mass is 16.6. The number of nitrogens with one attached hydrogen (secondary N) is 1. The first-order valence-corrected chi connectivity index (χ1v) is 4.69. The van der Waals surface area contributed by atoms with Crippen molar-refractivity contribution in [1.29, 1.82) is 0 Å². The van der Waals surface area contributed by atoms with Crippen LogP contribution in [0.3, 0.4) is 0 Å². The lowest BCUT2D eigenvalue weighted by atomic mass is 10.3. The molecule has 1 fully saturated rings. The van der Waals surface area contributed by atoms with Crippen molar-refractivity contribution in [3.63, 3.8) is 0 Å². The third-order valence-corrected chi connectivity index (χ3v) is 2.47. The maximum Gasteiger partial charge on any atom is 0.276 e. The van der Waals surface area contributed by atoms with E-state index >= 15 is 0 Å². The van der Waals surface area contributed by atoms with Gasteiger partial charge in [-0.1, -0.05) is 0 Å². The van der Waals surface area contributed by atoms with Gasteiger partial charge in [-0.05, 0) is 19.8 Å². The number of nitro groups is 1. The van der Waals surface area contributed by atoms with Crippen LogP contribution in [0, 0.1) is 10.1 Å². The summed E-state index contributed by atoms with van der Waals surface area (Å²) < 4.78 is 0. The Bertz CT molecular complexity index is 415. The van der Waals surface area contributed by atoms with Crippen molar-refractivity contribution < 1.29 is 4.92 Å². The van der Waals surface area contributed by atoms with E-state index in [2.05, 4.69) is 10.3 Å². The van der Waals surface area contributed by atoms with Gasteiger partial charge in [0.25, 0.3) is 5.69 Å². The zero-order valence-corrected chi connectivity index (χ0v) is 8.36.